The molecule has 1 aromatic heterocycles. The molecule has 0 amide bonds. The highest BCUT2D eigenvalue weighted by Crippen LogP contribution is 2.26. The number of carbonyl (C=O) groups excluding carboxylic acids is 1. The highest BCUT2D eigenvalue weighted by molar-refractivity contribution is 5.84. The van der Waals surface area contributed by atoms with Crippen LogP contribution in [0.5, 0.6) is 5.75 Å². The van der Waals surface area contributed by atoms with E-state index in [1.54, 1.807) is 13.8 Å². The fraction of sp³-hybridized carbons (Fsp3) is 0.238. The number of ether oxygens (including phenoxy) is 2. The van der Waals surface area contributed by atoms with Gasteiger partial charge in [-0.3, -0.25) is 0 Å². The van der Waals surface area contributed by atoms with E-state index in [0.717, 1.165) is 22.3 Å². The van der Waals surface area contributed by atoms with Gasteiger partial charge in [0.2, 0.25) is 0 Å². The molecule has 1 heterocycles. The van der Waals surface area contributed by atoms with Crippen LogP contribution < -0.4 is 9.64 Å². The first kappa shape index (κ1) is 17.7. The van der Waals surface area contributed by atoms with Gasteiger partial charge < -0.3 is 14.4 Å². The molecule has 2 aromatic carbocycles. The maximum atomic E-state index is 11.7. The first-order valence-electron chi connectivity index (χ1n) is 8.60. The van der Waals surface area contributed by atoms with Crippen LogP contribution >= 0.6 is 0 Å². The van der Waals surface area contributed by atoms with Gasteiger partial charge in [0.05, 0.1) is 6.61 Å². The van der Waals surface area contributed by atoms with Crippen molar-refractivity contribution in [3.8, 4) is 5.75 Å². The van der Waals surface area contributed by atoms with Crippen molar-refractivity contribution in [2.24, 2.45) is 0 Å². The van der Waals surface area contributed by atoms with Crippen molar-refractivity contribution in [1.82, 2.24) is 4.98 Å². The van der Waals surface area contributed by atoms with E-state index in [9.17, 15) is 4.79 Å². The number of hydrogen-bond donors (Lipinski definition) is 0. The molecule has 5 nitrogen and oxygen atoms in total. The van der Waals surface area contributed by atoms with Crippen LogP contribution in [-0.2, 0) is 9.53 Å². The van der Waals surface area contributed by atoms with Crippen molar-refractivity contribution >= 4 is 28.2 Å². The number of rotatable bonds is 6. The van der Waals surface area contributed by atoms with Gasteiger partial charge in [-0.05, 0) is 49.6 Å². The van der Waals surface area contributed by atoms with E-state index in [1.807, 2.05) is 60.6 Å². The molecule has 134 valence electrons. The zero-order valence-electron chi connectivity index (χ0n) is 15.2. The van der Waals surface area contributed by atoms with E-state index in [-0.39, 0.29) is 5.97 Å². The van der Waals surface area contributed by atoms with Crippen LogP contribution in [0.2, 0.25) is 0 Å². The third-order valence-electron chi connectivity index (χ3n) is 4.12. The number of aromatic nitrogens is 1. The first-order valence-corrected chi connectivity index (χ1v) is 8.60. The summed E-state index contributed by atoms with van der Waals surface area (Å²) in [5.74, 6) is 1.11. The molecule has 0 saturated heterocycles. The topological polar surface area (TPSA) is 51.7 Å². The summed E-state index contributed by atoms with van der Waals surface area (Å²) in [6, 6.07) is 17.7. The summed E-state index contributed by atoms with van der Waals surface area (Å²) in [6.45, 7) is 3.79. The Balaban J connectivity index is 1.73. The second kappa shape index (κ2) is 7.87. The molecule has 3 aromatic rings. The van der Waals surface area contributed by atoms with Crippen LogP contribution in [0.4, 0.5) is 11.5 Å². The molecule has 0 saturated carbocycles. The van der Waals surface area contributed by atoms with Crippen LogP contribution in [0.1, 0.15) is 13.8 Å². The Labute approximate surface area is 153 Å². The Bertz CT molecular complexity index is 893. The maximum absolute atomic E-state index is 11.7. The van der Waals surface area contributed by atoms with E-state index >= 15 is 0 Å². The van der Waals surface area contributed by atoms with Gasteiger partial charge in [0.1, 0.15) is 11.6 Å². The highest BCUT2D eigenvalue weighted by atomic mass is 16.6. The quantitative estimate of drug-likeness (QED) is 0.619. The van der Waals surface area contributed by atoms with Gasteiger partial charge in [-0.15, -0.1) is 0 Å². The van der Waals surface area contributed by atoms with Crippen LogP contribution in [0.15, 0.2) is 60.8 Å². The molecule has 0 aliphatic carbocycles. The fourth-order valence-corrected chi connectivity index (χ4v) is 2.65. The normalized spacial score (nSPS) is 11.8. The second-order valence-corrected chi connectivity index (χ2v) is 5.95. The zero-order valence-corrected chi connectivity index (χ0v) is 15.2. The molecule has 0 bridgehead atoms. The van der Waals surface area contributed by atoms with Gasteiger partial charge in [-0.25, -0.2) is 9.78 Å². The Morgan fingerprint density at radius 1 is 1.12 bits per heavy atom. The van der Waals surface area contributed by atoms with Crippen LogP contribution in [0.3, 0.4) is 0 Å². The Morgan fingerprint density at radius 2 is 1.81 bits per heavy atom. The SMILES string of the molecule is CCOC(=O)C(C)Oc1ccc(N(C)c2cc3ccccc3cn2)cc1. The van der Waals surface area contributed by atoms with Gasteiger partial charge in [0.25, 0.3) is 0 Å². The summed E-state index contributed by atoms with van der Waals surface area (Å²) in [7, 11) is 1.97. The molecule has 0 N–H and O–H groups in total. The van der Waals surface area contributed by atoms with Gasteiger partial charge >= 0.3 is 5.97 Å². The maximum Gasteiger partial charge on any atom is 0.347 e. The summed E-state index contributed by atoms with van der Waals surface area (Å²) >= 11 is 0. The highest BCUT2D eigenvalue weighted by Gasteiger charge is 2.15. The average molecular weight is 350 g/mol. The third-order valence-corrected chi connectivity index (χ3v) is 4.12. The lowest BCUT2D eigenvalue weighted by atomic mass is 10.2. The van der Waals surface area contributed by atoms with E-state index in [4.69, 9.17) is 9.47 Å². The first-order chi connectivity index (χ1) is 12.6. The lowest BCUT2D eigenvalue weighted by molar-refractivity contribution is -0.150. The smallest absolute Gasteiger partial charge is 0.347 e. The van der Waals surface area contributed by atoms with E-state index < -0.39 is 6.10 Å². The van der Waals surface area contributed by atoms with Gasteiger partial charge in [0, 0.05) is 24.3 Å². The molecule has 5 heteroatoms. The fourth-order valence-electron chi connectivity index (χ4n) is 2.65. The summed E-state index contributed by atoms with van der Waals surface area (Å²) in [6.07, 6.45) is 1.24. The summed E-state index contributed by atoms with van der Waals surface area (Å²) in [5.41, 5.74) is 0.976. The Kier molecular flexibility index (Phi) is 5.37. The minimum Gasteiger partial charge on any atom is -0.479 e. The summed E-state index contributed by atoms with van der Waals surface area (Å²) in [4.78, 5) is 18.2. The Morgan fingerprint density at radius 3 is 2.50 bits per heavy atom. The van der Waals surface area contributed by atoms with Crippen molar-refractivity contribution in [3.05, 3.63) is 60.8 Å². The van der Waals surface area contributed by atoms with E-state index in [2.05, 4.69) is 17.1 Å². The van der Waals surface area contributed by atoms with Crippen molar-refractivity contribution in [2.75, 3.05) is 18.6 Å². The number of carbonyl (C=O) groups is 1. The monoisotopic (exact) mass is 350 g/mol. The molecule has 3 rings (SSSR count). The van der Waals surface area contributed by atoms with Crippen molar-refractivity contribution in [3.63, 3.8) is 0 Å². The van der Waals surface area contributed by atoms with Crippen molar-refractivity contribution in [2.45, 2.75) is 20.0 Å². The molecule has 1 unspecified atom stereocenters. The van der Waals surface area contributed by atoms with Crippen molar-refractivity contribution < 1.29 is 14.3 Å². The second-order valence-electron chi connectivity index (χ2n) is 5.95. The van der Waals surface area contributed by atoms with E-state index in [0.29, 0.717) is 12.4 Å². The molecule has 0 spiro atoms. The lowest BCUT2D eigenvalue weighted by Gasteiger charge is -2.19. The number of anilines is 2. The number of hydrogen-bond acceptors (Lipinski definition) is 5. The molecule has 0 aliphatic heterocycles. The number of pyridine rings is 1. The van der Waals surface area contributed by atoms with Gasteiger partial charge in [-0.2, -0.15) is 0 Å². The van der Waals surface area contributed by atoms with Crippen LogP contribution in [0, 0.1) is 0 Å². The van der Waals surface area contributed by atoms with Gasteiger partial charge in [0.15, 0.2) is 6.10 Å². The van der Waals surface area contributed by atoms with Crippen LogP contribution in [-0.4, -0.2) is 30.7 Å². The molecule has 1 atom stereocenters. The standard InChI is InChI=1S/C21H22N2O3/c1-4-25-21(24)15(2)26-19-11-9-18(10-12-19)23(3)20-13-16-7-5-6-8-17(16)14-22-20/h5-15H,4H2,1-3H3. The predicted octanol–water partition coefficient (Wildman–Crippen LogP) is 4.33. The minimum atomic E-state index is -0.638. The minimum absolute atomic E-state index is 0.342. The number of benzene rings is 2. The third kappa shape index (κ3) is 3.94. The molecule has 0 fully saturated rings. The molecule has 26 heavy (non-hydrogen) atoms. The summed E-state index contributed by atoms with van der Waals surface area (Å²) in [5, 5.41) is 2.26. The molecule has 0 aliphatic rings. The number of fused-ring (bicyclic) bond motifs is 1. The predicted molar refractivity (Wildman–Crippen MR) is 103 cm³/mol. The molecule has 0 radical (unpaired) electrons. The molecular weight excluding hydrogens is 328 g/mol. The van der Waals surface area contributed by atoms with Crippen molar-refractivity contribution in [1.29, 1.82) is 0 Å². The number of nitrogens with zero attached hydrogens (tertiary/aromatic N) is 2. The Hall–Kier alpha value is -3.08. The number of esters is 1. The largest absolute Gasteiger partial charge is 0.479 e. The average Bonchev–Trinajstić information content (AvgIpc) is 2.67. The summed E-state index contributed by atoms with van der Waals surface area (Å²) < 4.78 is 10.6. The van der Waals surface area contributed by atoms with Crippen LogP contribution in [0.25, 0.3) is 10.8 Å². The zero-order chi connectivity index (χ0) is 18.5. The lowest BCUT2D eigenvalue weighted by Crippen LogP contribution is -2.26. The van der Waals surface area contributed by atoms with Gasteiger partial charge in [-0.1, -0.05) is 24.3 Å². The van der Waals surface area contributed by atoms with E-state index in [1.165, 1.54) is 0 Å². The molecular formula is C21H22N2O3.